The fraction of sp³-hybridized carbons (Fsp3) is 0.250. The molecule has 2 saturated heterocycles. The van der Waals surface area contributed by atoms with Gasteiger partial charge in [0, 0.05) is 0 Å². The summed E-state index contributed by atoms with van der Waals surface area (Å²) < 4.78 is 27.9. The average Bonchev–Trinajstić information content (AvgIpc) is 3.13. The van der Waals surface area contributed by atoms with E-state index in [4.69, 9.17) is 11.6 Å². The first-order valence-corrected chi connectivity index (χ1v) is 12.6. The standard InChI is InChI=1S/C24H22ClN3O4S/c25-20-7-3-4-8-21(20)28-23(29)16-22(24(28)30)26-11-13-27(14-12-26)33(31,32)19-10-9-17-5-1-2-6-18(17)15-19/h1-10,15,22H,11-14,16H2/p+1/t22-/m1/s1. The summed E-state index contributed by atoms with van der Waals surface area (Å²) in [5.74, 6) is -0.564. The van der Waals surface area contributed by atoms with E-state index in [-0.39, 0.29) is 36.2 Å². The minimum atomic E-state index is -3.64. The van der Waals surface area contributed by atoms with Crippen LogP contribution in [0, 0.1) is 0 Å². The topological polar surface area (TPSA) is 79.2 Å². The van der Waals surface area contributed by atoms with Gasteiger partial charge in [-0.2, -0.15) is 4.31 Å². The number of nitrogens with zero attached hydrogens (tertiary/aromatic N) is 2. The van der Waals surface area contributed by atoms with Crippen molar-refractivity contribution in [1.29, 1.82) is 0 Å². The molecular formula is C24H23ClN3O4S+. The molecule has 2 aliphatic heterocycles. The van der Waals surface area contributed by atoms with Crippen molar-refractivity contribution in [2.24, 2.45) is 0 Å². The maximum absolute atomic E-state index is 13.2. The van der Waals surface area contributed by atoms with Crippen LogP contribution in [0.15, 0.2) is 71.6 Å². The van der Waals surface area contributed by atoms with Crippen LogP contribution < -0.4 is 9.80 Å². The largest absolute Gasteiger partial charge is 0.322 e. The Morgan fingerprint density at radius 3 is 2.27 bits per heavy atom. The van der Waals surface area contributed by atoms with E-state index in [1.54, 1.807) is 36.4 Å². The third-order valence-electron chi connectivity index (χ3n) is 6.46. The zero-order valence-electron chi connectivity index (χ0n) is 17.8. The molecule has 0 unspecified atom stereocenters. The van der Waals surface area contributed by atoms with Gasteiger partial charge in [0.25, 0.3) is 5.91 Å². The Morgan fingerprint density at radius 2 is 1.55 bits per heavy atom. The summed E-state index contributed by atoms with van der Waals surface area (Å²) in [5, 5.41) is 2.21. The summed E-state index contributed by atoms with van der Waals surface area (Å²) in [7, 11) is -3.64. The molecule has 0 saturated carbocycles. The first kappa shape index (κ1) is 22.0. The third-order valence-corrected chi connectivity index (χ3v) is 8.67. The molecule has 2 heterocycles. The number of hydrogen-bond donors (Lipinski definition) is 1. The van der Waals surface area contributed by atoms with Gasteiger partial charge in [0.1, 0.15) is 0 Å². The summed E-state index contributed by atoms with van der Waals surface area (Å²) in [6.45, 7) is 1.48. The molecule has 3 aromatic rings. The number of para-hydroxylation sites is 1. The molecule has 1 N–H and O–H groups in total. The molecule has 3 aromatic carbocycles. The summed E-state index contributed by atoms with van der Waals surface area (Å²) in [6, 6.07) is 19.0. The van der Waals surface area contributed by atoms with Crippen LogP contribution >= 0.6 is 11.6 Å². The lowest BCUT2D eigenvalue weighted by molar-refractivity contribution is -0.918. The van der Waals surface area contributed by atoms with E-state index in [2.05, 4.69) is 0 Å². The highest BCUT2D eigenvalue weighted by Crippen LogP contribution is 2.29. The van der Waals surface area contributed by atoms with Crippen LogP contribution in [-0.2, 0) is 19.6 Å². The van der Waals surface area contributed by atoms with Crippen LogP contribution in [0.25, 0.3) is 10.8 Å². The van der Waals surface area contributed by atoms with Crippen LogP contribution in [0.4, 0.5) is 5.69 Å². The zero-order chi connectivity index (χ0) is 23.2. The van der Waals surface area contributed by atoms with E-state index in [1.165, 1.54) is 4.31 Å². The van der Waals surface area contributed by atoms with E-state index >= 15 is 0 Å². The fourth-order valence-electron chi connectivity index (χ4n) is 4.68. The SMILES string of the molecule is O=C1C[C@@H]([NH+]2CCN(S(=O)(=O)c3ccc4ccccc4c3)CC2)C(=O)N1c1ccccc1Cl. The first-order valence-electron chi connectivity index (χ1n) is 10.8. The molecular weight excluding hydrogens is 462 g/mol. The van der Waals surface area contributed by atoms with E-state index in [1.807, 2.05) is 30.3 Å². The summed E-state index contributed by atoms with van der Waals surface area (Å²) >= 11 is 6.21. The maximum Gasteiger partial charge on any atom is 0.292 e. The molecule has 9 heteroatoms. The number of carbonyl (C=O) groups is 2. The Bertz CT molecular complexity index is 1350. The average molecular weight is 485 g/mol. The second kappa shape index (κ2) is 8.53. The third kappa shape index (κ3) is 3.93. The van der Waals surface area contributed by atoms with Crippen molar-refractivity contribution in [3.8, 4) is 0 Å². The van der Waals surface area contributed by atoms with Crippen LogP contribution in [0.5, 0.6) is 0 Å². The molecule has 0 aliphatic carbocycles. The quantitative estimate of drug-likeness (QED) is 0.572. The smallest absolute Gasteiger partial charge is 0.292 e. The Hall–Kier alpha value is -2.78. The van der Waals surface area contributed by atoms with Gasteiger partial charge in [-0.05, 0) is 35.0 Å². The summed E-state index contributed by atoms with van der Waals surface area (Å²) in [4.78, 5) is 28.1. The van der Waals surface area contributed by atoms with Crippen LogP contribution in [-0.4, -0.2) is 56.8 Å². The number of fused-ring (bicyclic) bond motifs is 1. The van der Waals surface area contributed by atoms with Gasteiger partial charge < -0.3 is 4.90 Å². The molecule has 33 heavy (non-hydrogen) atoms. The molecule has 2 amide bonds. The van der Waals surface area contributed by atoms with Gasteiger partial charge in [-0.15, -0.1) is 0 Å². The number of imide groups is 1. The number of quaternary nitrogens is 1. The monoisotopic (exact) mass is 484 g/mol. The molecule has 2 fully saturated rings. The Balaban J connectivity index is 1.30. The van der Waals surface area contributed by atoms with Crippen molar-refractivity contribution in [3.63, 3.8) is 0 Å². The lowest BCUT2D eigenvalue weighted by atomic mass is 10.1. The first-order chi connectivity index (χ1) is 15.9. The number of hydrogen-bond acceptors (Lipinski definition) is 4. The molecule has 7 nitrogen and oxygen atoms in total. The zero-order valence-corrected chi connectivity index (χ0v) is 19.3. The second-order valence-electron chi connectivity index (χ2n) is 8.35. The highest BCUT2D eigenvalue weighted by molar-refractivity contribution is 7.89. The van der Waals surface area contributed by atoms with Crippen LogP contribution in [0.1, 0.15) is 6.42 Å². The molecule has 5 rings (SSSR count). The predicted octanol–water partition coefficient (Wildman–Crippen LogP) is 1.71. The van der Waals surface area contributed by atoms with E-state index < -0.39 is 16.1 Å². The van der Waals surface area contributed by atoms with Crippen LogP contribution in [0.2, 0.25) is 5.02 Å². The minimum absolute atomic E-state index is 0.0941. The predicted molar refractivity (Wildman–Crippen MR) is 126 cm³/mol. The fourth-order valence-corrected chi connectivity index (χ4v) is 6.37. The normalized spacial score (nSPS) is 20.6. The maximum atomic E-state index is 13.2. The summed E-state index contributed by atoms with van der Waals surface area (Å²) in [6.07, 6.45) is 0.0941. The molecule has 1 atom stereocenters. The van der Waals surface area contributed by atoms with Gasteiger partial charge >= 0.3 is 0 Å². The minimum Gasteiger partial charge on any atom is -0.322 e. The van der Waals surface area contributed by atoms with Gasteiger partial charge in [-0.3, -0.25) is 9.59 Å². The molecule has 0 bridgehead atoms. The van der Waals surface area contributed by atoms with E-state index in [9.17, 15) is 18.0 Å². The van der Waals surface area contributed by atoms with Crippen molar-refractivity contribution < 1.29 is 22.9 Å². The number of halogens is 1. The Kier molecular flexibility index (Phi) is 5.70. The highest BCUT2D eigenvalue weighted by Gasteiger charge is 2.47. The Morgan fingerprint density at radius 1 is 0.879 bits per heavy atom. The van der Waals surface area contributed by atoms with E-state index in [0.29, 0.717) is 23.8 Å². The number of anilines is 1. The van der Waals surface area contributed by atoms with Crippen LogP contribution in [0.3, 0.4) is 0 Å². The van der Waals surface area contributed by atoms with Gasteiger partial charge in [0.2, 0.25) is 15.9 Å². The van der Waals surface area contributed by atoms with Crippen molar-refractivity contribution >= 4 is 49.9 Å². The van der Waals surface area contributed by atoms with Crippen molar-refractivity contribution in [1.82, 2.24) is 4.31 Å². The number of carbonyl (C=O) groups excluding carboxylic acids is 2. The molecule has 0 spiro atoms. The van der Waals surface area contributed by atoms with Crippen molar-refractivity contribution in [2.75, 3.05) is 31.1 Å². The van der Waals surface area contributed by atoms with Gasteiger partial charge in [0.05, 0.1) is 48.2 Å². The summed E-state index contributed by atoms with van der Waals surface area (Å²) in [5.41, 5.74) is 0.397. The second-order valence-corrected chi connectivity index (χ2v) is 10.7. The number of benzene rings is 3. The number of nitrogens with one attached hydrogen (secondary N) is 1. The molecule has 2 aliphatic rings. The number of sulfonamides is 1. The molecule has 0 aromatic heterocycles. The Labute approximate surface area is 197 Å². The number of piperazine rings is 1. The van der Waals surface area contributed by atoms with Crippen molar-refractivity contribution in [2.45, 2.75) is 17.4 Å². The van der Waals surface area contributed by atoms with Gasteiger partial charge in [-0.25, -0.2) is 13.3 Å². The lowest BCUT2D eigenvalue weighted by Gasteiger charge is -2.33. The number of rotatable bonds is 4. The van der Waals surface area contributed by atoms with E-state index in [0.717, 1.165) is 20.6 Å². The highest BCUT2D eigenvalue weighted by atomic mass is 35.5. The van der Waals surface area contributed by atoms with Crippen molar-refractivity contribution in [3.05, 3.63) is 71.8 Å². The lowest BCUT2D eigenvalue weighted by Crippen LogP contribution is -3.19. The van der Waals surface area contributed by atoms with Gasteiger partial charge in [-0.1, -0.05) is 54.1 Å². The molecule has 170 valence electrons. The molecule has 0 radical (unpaired) electrons. The van der Waals surface area contributed by atoms with Gasteiger partial charge in [0.15, 0.2) is 6.04 Å². The number of amides is 2.